The molecule has 8 heteroatoms. The van der Waals surface area contributed by atoms with Crippen LogP contribution in [0.3, 0.4) is 0 Å². The number of likely N-dealkylation sites (N-methyl/N-ethyl adjacent to an activating group) is 1. The van der Waals surface area contributed by atoms with Gasteiger partial charge in [-0.1, -0.05) is 48.6 Å². The predicted molar refractivity (Wildman–Crippen MR) is 103 cm³/mol. The molecule has 0 spiro atoms. The first-order chi connectivity index (χ1) is 13.2. The second kappa shape index (κ2) is 7.51. The Morgan fingerprint density at radius 2 is 2.04 bits per heavy atom. The van der Waals surface area contributed by atoms with Crippen molar-refractivity contribution in [2.24, 2.45) is 0 Å². The summed E-state index contributed by atoms with van der Waals surface area (Å²) in [6.07, 6.45) is 1.56. The Morgan fingerprint density at radius 3 is 2.67 bits per heavy atom. The number of benzene rings is 1. The molecule has 0 radical (unpaired) electrons. The Morgan fingerprint density at radius 1 is 1.22 bits per heavy atom. The maximum Gasteiger partial charge on any atom is 0.230 e. The van der Waals surface area contributed by atoms with Crippen molar-refractivity contribution in [3.8, 4) is 17.5 Å². The molecule has 3 aromatic heterocycles. The van der Waals surface area contributed by atoms with Crippen LogP contribution in [0.25, 0.3) is 16.5 Å². The molecule has 0 amide bonds. The van der Waals surface area contributed by atoms with E-state index in [0.717, 1.165) is 17.0 Å². The molecule has 2 N–H and O–H groups in total. The van der Waals surface area contributed by atoms with Crippen LogP contribution in [0.2, 0.25) is 0 Å². The standard InChI is InChI=1S/C19H20N4O3S/c1-2-22(10-11-24)15(13-7-4-3-5-8-13)16-18(25)23-19(27-16)20-17(21-23)14-9-6-12-26-14/h3-9,12,15,24-25H,2,10-11H2,1H3. The molecule has 1 atom stereocenters. The van der Waals surface area contributed by atoms with E-state index in [0.29, 0.717) is 23.1 Å². The van der Waals surface area contributed by atoms with Crippen LogP contribution >= 0.6 is 11.3 Å². The van der Waals surface area contributed by atoms with Gasteiger partial charge in [0.1, 0.15) is 0 Å². The Balaban J connectivity index is 1.81. The van der Waals surface area contributed by atoms with Gasteiger partial charge in [-0.15, -0.1) is 5.10 Å². The van der Waals surface area contributed by atoms with Gasteiger partial charge in [0.15, 0.2) is 5.76 Å². The SMILES string of the molecule is CCN(CCO)C(c1ccccc1)c1sc2nc(-c3ccco3)nn2c1O. The maximum atomic E-state index is 10.9. The largest absolute Gasteiger partial charge is 0.492 e. The van der Waals surface area contributed by atoms with Gasteiger partial charge in [-0.05, 0) is 24.2 Å². The highest BCUT2D eigenvalue weighted by Gasteiger charge is 2.29. The second-order valence-corrected chi connectivity index (χ2v) is 7.07. The van der Waals surface area contributed by atoms with Gasteiger partial charge in [0.25, 0.3) is 0 Å². The van der Waals surface area contributed by atoms with Crippen LogP contribution in [0.15, 0.2) is 53.1 Å². The molecule has 0 bridgehead atoms. The van der Waals surface area contributed by atoms with E-state index in [1.165, 1.54) is 15.9 Å². The van der Waals surface area contributed by atoms with Gasteiger partial charge >= 0.3 is 0 Å². The summed E-state index contributed by atoms with van der Waals surface area (Å²) in [6, 6.07) is 13.3. The summed E-state index contributed by atoms with van der Waals surface area (Å²) in [5.74, 6) is 1.06. The van der Waals surface area contributed by atoms with Crippen LogP contribution in [0.1, 0.15) is 23.4 Å². The molecule has 1 aromatic carbocycles. The number of hydrogen-bond donors (Lipinski definition) is 2. The lowest BCUT2D eigenvalue weighted by Crippen LogP contribution is -2.31. The van der Waals surface area contributed by atoms with Gasteiger partial charge in [0.2, 0.25) is 16.7 Å². The molecule has 0 fully saturated rings. The summed E-state index contributed by atoms with van der Waals surface area (Å²) in [5.41, 5.74) is 1.04. The van der Waals surface area contributed by atoms with Crippen LogP contribution in [-0.2, 0) is 0 Å². The normalized spacial score (nSPS) is 12.9. The van der Waals surface area contributed by atoms with Crippen LogP contribution < -0.4 is 0 Å². The molecule has 27 heavy (non-hydrogen) atoms. The van der Waals surface area contributed by atoms with Crippen molar-refractivity contribution in [1.29, 1.82) is 0 Å². The van der Waals surface area contributed by atoms with Gasteiger partial charge in [0, 0.05) is 6.54 Å². The van der Waals surface area contributed by atoms with Crippen LogP contribution in [0.4, 0.5) is 0 Å². The summed E-state index contributed by atoms with van der Waals surface area (Å²) in [6.45, 7) is 3.31. The molecule has 0 aliphatic carbocycles. The van der Waals surface area contributed by atoms with Crippen LogP contribution in [-0.4, -0.2) is 49.4 Å². The fourth-order valence-corrected chi connectivity index (χ4v) is 4.32. The Labute approximate surface area is 160 Å². The smallest absolute Gasteiger partial charge is 0.230 e. The fourth-order valence-electron chi connectivity index (χ4n) is 3.20. The topological polar surface area (TPSA) is 87.0 Å². The van der Waals surface area contributed by atoms with E-state index >= 15 is 0 Å². The molecular weight excluding hydrogens is 364 g/mol. The van der Waals surface area contributed by atoms with E-state index in [9.17, 15) is 10.2 Å². The second-order valence-electron chi connectivity index (χ2n) is 6.06. The third kappa shape index (κ3) is 3.23. The highest BCUT2D eigenvalue weighted by molar-refractivity contribution is 7.17. The van der Waals surface area contributed by atoms with E-state index in [2.05, 4.69) is 15.0 Å². The molecule has 3 heterocycles. The first-order valence-corrected chi connectivity index (χ1v) is 9.56. The third-order valence-electron chi connectivity index (χ3n) is 4.46. The van der Waals surface area contributed by atoms with Gasteiger partial charge in [-0.2, -0.15) is 9.50 Å². The first kappa shape index (κ1) is 17.7. The van der Waals surface area contributed by atoms with E-state index in [-0.39, 0.29) is 18.5 Å². The van der Waals surface area contributed by atoms with Crippen molar-refractivity contribution < 1.29 is 14.6 Å². The first-order valence-electron chi connectivity index (χ1n) is 8.75. The lowest BCUT2D eigenvalue weighted by molar-refractivity contribution is 0.174. The minimum atomic E-state index is -0.191. The van der Waals surface area contributed by atoms with E-state index < -0.39 is 0 Å². The van der Waals surface area contributed by atoms with E-state index in [1.54, 1.807) is 18.4 Å². The van der Waals surface area contributed by atoms with Gasteiger partial charge < -0.3 is 14.6 Å². The number of aromatic nitrogens is 3. The molecule has 7 nitrogen and oxygen atoms in total. The summed E-state index contributed by atoms with van der Waals surface area (Å²) >= 11 is 1.39. The molecule has 1 unspecified atom stereocenters. The molecule has 4 rings (SSSR count). The zero-order chi connectivity index (χ0) is 18.8. The zero-order valence-corrected chi connectivity index (χ0v) is 15.6. The van der Waals surface area contributed by atoms with Crippen LogP contribution in [0.5, 0.6) is 5.88 Å². The maximum absolute atomic E-state index is 10.9. The Kier molecular flexibility index (Phi) is 4.93. The van der Waals surface area contributed by atoms with Crippen molar-refractivity contribution in [3.05, 3.63) is 59.2 Å². The number of aliphatic hydroxyl groups is 1. The number of aliphatic hydroxyl groups excluding tert-OH is 1. The summed E-state index contributed by atoms with van der Waals surface area (Å²) in [4.78, 5) is 7.95. The van der Waals surface area contributed by atoms with Crippen molar-refractivity contribution in [3.63, 3.8) is 0 Å². The lowest BCUT2D eigenvalue weighted by Gasteiger charge is -2.29. The minimum Gasteiger partial charge on any atom is -0.492 e. The highest BCUT2D eigenvalue weighted by Crippen LogP contribution is 2.40. The number of aromatic hydroxyl groups is 1. The Bertz CT molecular complexity index is 1010. The third-order valence-corrected chi connectivity index (χ3v) is 5.54. The van der Waals surface area contributed by atoms with Crippen molar-refractivity contribution in [1.82, 2.24) is 19.5 Å². The van der Waals surface area contributed by atoms with Crippen molar-refractivity contribution in [2.45, 2.75) is 13.0 Å². The molecule has 0 saturated carbocycles. The number of nitrogens with zero attached hydrogens (tertiary/aromatic N) is 4. The van der Waals surface area contributed by atoms with Gasteiger partial charge in [-0.3, -0.25) is 4.90 Å². The molecule has 4 aromatic rings. The van der Waals surface area contributed by atoms with Crippen molar-refractivity contribution in [2.75, 3.05) is 19.7 Å². The molecule has 0 aliphatic heterocycles. The van der Waals surface area contributed by atoms with E-state index in [1.807, 2.05) is 37.3 Å². The Hall–Kier alpha value is -2.68. The summed E-state index contributed by atoms with van der Waals surface area (Å²) in [5, 5.41) is 24.8. The predicted octanol–water partition coefficient (Wildman–Crippen LogP) is 3.16. The summed E-state index contributed by atoms with van der Waals surface area (Å²) in [7, 11) is 0. The quantitative estimate of drug-likeness (QED) is 0.509. The molecule has 140 valence electrons. The van der Waals surface area contributed by atoms with Crippen molar-refractivity contribution >= 4 is 16.3 Å². The minimum absolute atomic E-state index is 0.0430. The molecule has 0 aliphatic rings. The zero-order valence-electron chi connectivity index (χ0n) is 14.8. The number of hydrogen-bond acceptors (Lipinski definition) is 7. The molecular formula is C19H20N4O3S. The van der Waals surface area contributed by atoms with Gasteiger partial charge in [0.05, 0.1) is 23.8 Å². The average molecular weight is 384 g/mol. The number of thiazole rings is 1. The van der Waals surface area contributed by atoms with E-state index in [4.69, 9.17) is 4.42 Å². The number of furan rings is 1. The highest BCUT2D eigenvalue weighted by atomic mass is 32.1. The average Bonchev–Trinajstić information content (AvgIpc) is 3.41. The monoisotopic (exact) mass is 384 g/mol. The fraction of sp³-hybridized carbons (Fsp3) is 0.263. The lowest BCUT2D eigenvalue weighted by atomic mass is 10.0. The number of rotatable bonds is 7. The van der Waals surface area contributed by atoms with Crippen LogP contribution in [0, 0.1) is 0 Å². The molecule has 0 saturated heterocycles. The number of fused-ring (bicyclic) bond motifs is 1. The summed E-state index contributed by atoms with van der Waals surface area (Å²) < 4.78 is 6.79. The van der Waals surface area contributed by atoms with Gasteiger partial charge in [-0.25, -0.2) is 0 Å².